The summed E-state index contributed by atoms with van der Waals surface area (Å²) in [6, 6.07) is -1.26. The molecule has 2 atom stereocenters. The first-order valence-electron chi connectivity index (χ1n) is 17.9. The highest BCUT2D eigenvalue weighted by Gasteiger charge is 2.37. The van der Waals surface area contributed by atoms with Crippen LogP contribution in [0.3, 0.4) is 0 Å². The minimum absolute atomic E-state index is 0.128. The molecule has 4 amide bonds. The normalized spacial score (nSPS) is 16.3. The predicted octanol–water partition coefficient (Wildman–Crippen LogP) is 6.57. The molecule has 1 aliphatic carbocycles. The summed E-state index contributed by atoms with van der Waals surface area (Å²) >= 11 is 0. The van der Waals surface area contributed by atoms with Crippen LogP contribution in [0.15, 0.2) is 79.7 Å². The van der Waals surface area contributed by atoms with Crippen molar-refractivity contribution in [2.45, 2.75) is 77.9 Å². The summed E-state index contributed by atoms with van der Waals surface area (Å²) in [5.74, 6) is 0.632. The first kappa shape index (κ1) is 40.8. The molecule has 3 heterocycles. The Kier molecular flexibility index (Phi) is 13.8. The lowest BCUT2D eigenvalue weighted by molar-refractivity contribution is -0.135. The van der Waals surface area contributed by atoms with Gasteiger partial charge in [-0.1, -0.05) is 64.5 Å². The fraction of sp³-hybridized carbons (Fsp3) is 0.400. The number of aromatic nitrogens is 4. The molecule has 0 aromatic carbocycles. The second kappa shape index (κ2) is 18.2. The minimum atomic E-state index is -0.715. The standard InChI is InChI=1S/C40H52N8O6/c1-23(2)34(45-39(51)53-9)38(50)47-20-12-15-33(47)36-42-22-32(44-36)28(8)19-17-26(6)25(5)16-18-27(7)31-21-41-35(43-31)29-13-11-14-30(29)37(49)48(24(3)4)46-40(52)54-10/h16-19,21-24,33-34H,5-8,11-15,20H2,1-4,9-10H3,(H,41,43)(H,42,44)(H,45,51)(H,46,52)/b18-16-,19-17-. The van der Waals surface area contributed by atoms with Crippen molar-refractivity contribution in [3.63, 3.8) is 0 Å². The largest absolute Gasteiger partial charge is 0.453 e. The van der Waals surface area contributed by atoms with Gasteiger partial charge in [0.15, 0.2) is 0 Å². The molecule has 0 radical (unpaired) electrons. The summed E-state index contributed by atoms with van der Waals surface area (Å²) in [6.45, 7) is 24.6. The summed E-state index contributed by atoms with van der Waals surface area (Å²) < 4.78 is 9.42. The van der Waals surface area contributed by atoms with Crippen molar-refractivity contribution in [2.75, 3.05) is 20.8 Å². The van der Waals surface area contributed by atoms with Gasteiger partial charge in [0, 0.05) is 23.7 Å². The molecule has 1 saturated heterocycles. The zero-order valence-corrected chi connectivity index (χ0v) is 32.1. The van der Waals surface area contributed by atoms with E-state index in [4.69, 9.17) is 4.74 Å². The van der Waals surface area contributed by atoms with Crippen molar-refractivity contribution < 1.29 is 28.7 Å². The molecule has 2 aliphatic rings. The highest BCUT2D eigenvalue weighted by molar-refractivity contribution is 6.02. The lowest BCUT2D eigenvalue weighted by Gasteiger charge is -2.30. The summed E-state index contributed by atoms with van der Waals surface area (Å²) in [5.41, 5.74) is 7.91. The van der Waals surface area contributed by atoms with Crippen molar-refractivity contribution in [1.29, 1.82) is 0 Å². The molecule has 4 N–H and O–H groups in total. The molecule has 0 spiro atoms. The number of ether oxygens (including phenoxy) is 2. The molecule has 1 fully saturated rings. The number of carbonyl (C=O) groups excluding carboxylic acids is 4. The van der Waals surface area contributed by atoms with Crippen LogP contribution in [0.5, 0.6) is 0 Å². The Bertz CT molecular complexity index is 1890. The van der Waals surface area contributed by atoms with Gasteiger partial charge in [-0.05, 0) is 74.2 Å². The van der Waals surface area contributed by atoms with E-state index in [0.717, 1.165) is 24.8 Å². The maximum atomic E-state index is 13.5. The van der Waals surface area contributed by atoms with E-state index in [1.165, 1.54) is 19.2 Å². The fourth-order valence-corrected chi connectivity index (χ4v) is 6.24. The third kappa shape index (κ3) is 9.73. The first-order valence-corrected chi connectivity index (χ1v) is 17.9. The SMILES string of the molecule is C=C(/C=C\C(=C)c1cnc(C2=C(C(=O)N(NC(=O)OC)C(C)C)CCC2)[nH]1)C(=C)/C=C\C(=C)c1cnc(C2CCCN2C(=O)C(NC(=O)OC)C(C)C)[nH]1. The molecule has 54 heavy (non-hydrogen) atoms. The molecule has 4 rings (SSSR count). The van der Waals surface area contributed by atoms with Gasteiger partial charge in [0.1, 0.15) is 17.7 Å². The van der Waals surface area contributed by atoms with Crippen LogP contribution in [-0.2, 0) is 19.1 Å². The monoisotopic (exact) mass is 740 g/mol. The molecule has 2 aromatic heterocycles. The number of imidazole rings is 2. The number of hydrogen-bond acceptors (Lipinski definition) is 8. The molecule has 288 valence electrons. The first-order chi connectivity index (χ1) is 25.7. The summed E-state index contributed by atoms with van der Waals surface area (Å²) in [6.07, 6.45) is 12.8. The highest BCUT2D eigenvalue weighted by atomic mass is 16.5. The van der Waals surface area contributed by atoms with Gasteiger partial charge in [0.2, 0.25) is 5.91 Å². The van der Waals surface area contributed by atoms with Gasteiger partial charge in [0.05, 0.1) is 44.0 Å². The number of allylic oxidation sites excluding steroid dienone is 9. The van der Waals surface area contributed by atoms with Crippen LogP contribution in [0.2, 0.25) is 0 Å². The maximum Gasteiger partial charge on any atom is 0.425 e. The number of nitrogens with zero attached hydrogens (tertiary/aromatic N) is 4. The minimum Gasteiger partial charge on any atom is -0.453 e. The van der Waals surface area contributed by atoms with E-state index < -0.39 is 18.2 Å². The van der Waals surface area contributed by atoms with Crippen molar-refractivity contribution >= 4 is 40.7 Å². The topological polar surface area (TPSA) is 175 Å². The number of alkyl carbamates (subject to hydrolysis) is 1. The van der Waals surface area contributed by atoms with Gasteiger partial charge in [-0.15, -0.1) is 0 Å². The van der Waals surface area contributed by atoms with Crippen molar-refractivity contribution in [3.8, 4) is 0 Å². The van der Waals surface area contributed by atoms with Gasteiger partial charge in [-0.25, -0.2) is 30.0 Å². The molecular formula is C40H52N8O6. The second-order valence-corrected chi connectivity index (χ2v) is 13.8. The fourth-order valence-electron chi connectivity index (χ4n) is 6.24. The number of methoxy groups -OCH3 is 2. The second-order valence-electron chi connectivity index (χ2n) is 13.8. The Hall–Kier alpha value is -5.92. The molecule has 1 aliphatic heterocycles. The van der Waals surface area contributed by atoms with Crippen molar-refractivity contribution in [1.82, 2.24) is 40.6 Å². The van der Waals surface area contributed by atoms with E-state index in [0.29, 0.717) is 70.3 Å². The van der Waals surface area contributed by atoms with Crippen LogP contribution in [0, 0.1) is 5.92 Å². The smallest absolute Gasteiger partial charge is 0.425 e. The zero-order valence-electron chi connectivity index (χ0n) is 32.1. The van der Waals surface area contributed by atoms with Crippen LogP contribution < -0.4 is 10.7 Å². The van der Waals surface area contributed by atoms with Gasteiger partial charge >= 0.3 is 12.2 Å². The van der Waals surface area contributed by atoms with Gasteiger partial charge in [-0.3, -0.25) is 9.59 Å². The Balaban J connectivity index is 1.37. The quantitative estimate of drug-likeness (QED) is 0.124. The van der Waals surface area contributed by atoms with E-state index in [1.807, 2.05) is 45.9 Å². The van der Waals surface area contributed by atoms with E-state index in [2.05, 4.69) is 61.7 Å². The van der Waals surface area contributed by atoms with Gasteiger partial charge in [-0.2, -0.15) is 0 Å². The molecule has 0 saturated carbocycles. The van der Waals surface area contributed by atoms with E-state index >= 15 is 0 Å². The number of rotatable bonds is 14. The molecule has 14 nitrogen and oxygen atoms in total. The van der Waals surface area contributed by atoms with E-state index in [9.17, 15) is 19.2 Å². The number of carbonyl (C=O) groups is 4. The average molecular weight is 741 g/mol. The number of likely N-dealkylation sites (tertiary alicyclic amines) is 1. The molecule has 14 heteroatoms. The number of H-pyrrole nitrogens is 2. The Morgan fingerprint density at radius 1 is 0.870 bits per heavy atom. The Morgan fingerprint density at radius 2 is 1.48 bits per heavy atom. The van der Waals surface area contributed by atoms with Crippen molar-refractivity contribution in [3.05, 3.63) is 103 Å². The van der Waals surface area contributed by atoms with Crippen LogP contribution in [0.25, 0.3) is 16.7 Å². The lowest BCUT2D eigenvalue weighted by Crippen LogP contribution is -2.51. The maximum absolute atomic E-state index is 13.5. The van der Waals surface area contributed by atoms with Gasteiger partial charge in [0.25, 0.3) is 5.91 Å². The molecule has 2 unspecified atom stereocenters. The molecular weight excluding hydrogens is 688 g/mol. The molecule has 2 aromatic rings. The number of aromatic amines is 2. The van der Waals surface area contributed by atoms with Crippen LogP contribution in [0.4, 0.5) is 9.59 Å². The molecule has 0 bridgehead atoms. The zero-order chi connectivity index (χ0) is 39.7. The van der Waals surface area contributed by atoms with Crippen LogP contribution in [0.1, 0.15) is 88.9 Å². The van der Waals surface area contributed by atoms with Gasteiger partial charge < -0.3 is 29.7 Å². The number of hydrogen-bond donors (Lipinski definition) is 4. The van der Waals surface area contributed by atoms with Crippen molar-refractivity contribution in [2.24, 2.45) is 5.92 Å². The number of nitrogens with one attached hydrogen (secondary N) is 4. The third-order valence-corrected chi connectivity index (χ3v) is 9.38. The number of amides is 4. The van der Waals surface area contributed by atoms with Crippen LogP contribution >= 0.6 is 0 Å². The summed E-state index contributed by atoms with van der Waals surface area (Å²) in [4.78, 5) is 68.1. The Labute approximate surface area is 316 Å². The third-order valence-electron chi connectivity index (χ3n) is 9.38. The van der Waals surface area contributed by atoms with Crippen LogP contribution in [-0.4, -0.2) is 86.7 Å². The highest BCUT2D eigenvalue weighted by Crippen LogP contribution is 2.35. The van der Waals surface area contributed by atoms with E-state index in [-0.39, 0.29) is 29.8 Å². The Morgan fingerprint density at radius 3 is 2.07 bits per heavy atom. The number of hydrazine groups is 1. The summed E-state index contributed by atoms with van der Waals surface area (Å²) in [5, 5.41) is 3.94. The summed E-state index contributed by atoms with van der Waals surface area (Å²) in [7, 11) is 2.52. The average Bonchev–Trinajstić information content (AvgIpc) is 3.99. The lowest BCUT2D eigenvalue weighted by atomic mass is 10.0. The predicted molar refractivity (Wildman–Crippen MR) is 208 cm³/mol. The van der Waals surface area contributed by atoms with E-state index in [1.54, 1.807) is 23.4 Å².